The maximum absolute atomic E-state index is 13.5. The number of aromatic hydroxyl groups is 1. The summed E-state index contributed by atoms with van der Waals surface area (Å²) in [7, 11) is 0. The number of benzene rings is 2. The molecule has 0 saturated heterocycles. The molecule has 0 radical (unpaired) electrons. The summed E-state index contributed by atoms with van der Waals surface area (Å²) in [6.07, 6.45) is 0. The first-order valence-electron chi connectivity index (χ1n) is 4.73. The fraction of sp³-hybridized carbons (Fsp3) is 0.0769. The van der Waals surface area contributed by atoms with Crippen LogP contribution >= 0.6 is 0 Å². The maximum Gasteiger partial charge on any atom is 0.131 e. The average Bonchev–Trinajstić information content (AvgIpc) is 2.20. The summed E-state index contributed by atoms with van der Waals surface area (Å²) in [4.78, 5) is 0. The molecule has 0 aliphatic rings. The van der Waals surface area contributed by atoms with Crippen molar-refractivity contribution in [3.63, 3.8) is 0 Å². The Hall–Kier alpha value is -1.83. The monoisotopic (exact) mass is 202 g/mol. The number of halogens is 1. The van der Waals surface area contributed by atoms with Crippen molar-refractivity contribution in [1.29, 1.82) is 0 Å². The maximum atomic E-state index is 13.5. The first-order valence-corrected chi connectivity index (χ1v) is 4.73. The van der Waals surface area contributed by atoms with E-state index in [1.165, 1.54) is 6.07 Å². The SMILES string of the molecule is Cc1cc(O)ccc1-c1ccccc1F. The lowest BCUT2D eigenvalue weighted by atomic mass is 10.00. The molecule has 0 amide bonds. The van der Waals surface area contributed by atoms with E-state index in [0.717, 1.165) is 11.1 Å². The second-order valence-corrected chi connectivity index (χ2v) is 3.48. The van der Waals surface area contributed by atoms with E-state index in [1.54, 1.807) is 36.4 Å². The van der Waals surface area contributed by atoms with Gasteiger partial charge in [0.25, 0.3) is 0 Å². The molecule has 0 heterocycles. The van der Waals surface area contributed by atoms with E-state index in [1.807, 2.05) is 6.92 Å². The van der Waals surface area contributed by atoms with Crippen molar-refractivity contribution in [1.82, 2.24) is 0 Å². The van der Waals surface area contributed by atoms with Crippen molar-refractivity contribution in [2.75, 3.05) is 0 Å². The predicted molar refractivity (Wildman–Crippen MR) is 58.2 cm³/mol. The molecule has 0 aromatic heterocycles. The standard InChI is InChI=1S/C13H11FO/c1-9-8-10(15)6-7-11(9)12-4-2-3-5-13(12)14/h2-8,15H,1H3. The highest BCUT2D eigenvalue weighted by molar-refractivity contribution is 5.68. The Morgan fingerprint density at radius 3 is 2.40 bits per heavy atom. The third-order valence-corrected chi connectivity index (χ3v) is 2.37. The summed E-state index contributed by atoms with van der Waals surface area (Å²) >= 11 is 0. The van der Waals surface area contributed by atoms with Crippen molar-refractivity contribution in [2.45, 2.75) is 6.92 Å². The van der Waals surface area contributed by atoms with Gasteiger partial charge < -0.3 is 5.11 Å². The van der Waals surface area contributed by atoms with Crippen LogP contribution in [0.15, 0.2) is 42.5 Å². The van der Waals surface area contributed by atoms with Gasteiger partial charge in [0.15, 0.2) is 0 Å². The summed E-state index contributed by atoms with van der Waals surface area (Å²) in [5.74, 6) is -0.0427. The first kappa shape index (κ1) is 9.71. The third-order valence-electron chi connectivity index (χ3n) is 2.37. The van der Waals surface area contributed by atoms with Crippen LogP contribution in [0, 0.1) is 12.7 Å². The van der Waals surface area contributed by atoms with Gasteiger partial charge in [0.05, 0.1) is 0 Å². The van der Waals surface area contributed by atoms with Crippen LogP contribution in [0.3, 0.4) is 0 Å². The van der Waals surface area contributed by atoms with E-state index >= 15 is 0 Å². The Bertz CT molecular complexity index is 492. The molecule has 2 rings (SSSR count). The van der Waals surface area contributed by atoms with Crippen LogP contribution < -0.4 is 0 Å². The van der Waals surface area contributed by atoms with E-state index in [9.17, 15) is 9.50 Å². The Balaban J connectivity index is 2.60. The highest BCUT2D eigenvalue weighted by Gasteiger charge is 2.06. The molecule has 0 unspecified atom stereocenters. The first-order chi connectivity index (χ1) is 7.18. The van der Waals surface area contributed by atoms with Gasteiger partial charge >= 0.3 is 0 Å². The van der Waals surface area contributed by atoms with E-state index in [0.29, 0.717) is 5.56 Å². The summed E-state index contributed by atoms with van der Waals surface area (Å²) in [6.45, 7) is 1.85. The summed E-state index contributed by atoms with van der Waals surface area (Å²) in [6, 6.07) is 11.5. The highest BCUT2D eigenvalue weighted by atomic mass is 19.1. The van der Waals surface area contributed by atoms with Gasteiger partial charge in [-0.1, -0.05) is 24.3 Å². The Morgan fingerprint density at radius 1 is 1.00 bits per heavy atom. The lowest BCUT2D eigenvalue weighted by molar-refractivity contribution is 0.475. The number of aryl methyl sites for hydroxylation is 1. The molecule has 76 valence electrons. The van der Waals surface area contributed by atoms with Gasteiger partial charge in [-0.2, -0.15) is 0 Å². The number of rotatable bonds is 1. The van der Waals surface area contributed by atoms with Gasteiger partial charge in [-0.3, -0.25) is 0 Å². The molecular formula is C13H11FO. The number of hydrogen-bond donors (Lipinski definition) is 1. The van der Waals surface area contributed by atoms with Crippen LogP contribution in [0.25, 0.3) is 11.1 Å². The predicted octanol–water partition coefficient (Wildman–Crippen LogP) is 3.51. The molecule has 0 aliphatic carbocycles. The van der Waals surface area contributed by atoms with Crippen molar-refractivity contribution < 1.29 is 9.50 Å². The van der Waals surface area contributed by atoms with E-state index < -0.39 is 0 Å². The van der Waals surface area contributed by atoms with Crippen LogP contribution in [0.4, 0.5) is 4.39 Å². The Morgan fingerprint density at radius 2 is 1.73 bits per heavy atom. The topological polar surface area (TPSA) is 20.2 Å². The van der Waals surface area contributed by atoms with Gasteiger partial charge in [-0.15, -0.1) is 0 Å². The molecule has 0 saturated carbocycles. The van der Waals surface area contributed by atoms with Gasteiger partial charge in [0.1, 0.15) is 11.6 Å². The molecule has 0 bridgehead atoms. The fourth-order valence-electron chi connectivity index (χ4n) is 1.63. The lowest BCUT2D eigenvalue weighted by Crippen LogP contribution is -1.86. The average molecular weight is 202 g/mol. The second-order valence-electron chi connectivity index (χ2n) is 3.48. The van der Waals surface area contributed by atoms with Crippen LogP contribution in [0.5, 0.6) is 5.75 Å². The van der Waals surface area contributed by atoms with E-state index in [-0.39, 0.29) is 11.6 Å². The molecule has 1 N–H and O–H groups in total. The minimum atomic E-state index is -0.244. The van der Waals surface area contributed by atoms with Crippen molar-refractivity contribution in [2.24, 2.45) is 0 Å². The quantitative estimate of drug-likeness (QED) is 0.750. The summed E-state index contributed by atoms with van der Waals surface area (Å²) in [5.41, 5.74) is 2.24. The Labute approximate surface area is 87.8 Å². The molecule has 15 heavy (non-hydrogen) atoms. The summed E-state index contributed by atoms with van der Waals surface area (Å²) in [5, 5.41) is 9.26. The molecule has 0 atom stereocenters. The van der Waals surface area contributed by atoms with E-state index in [4.69, 9.17) is 0 Å². The van der Waals surface area contributed by atoms with Gasteiger partial charge in [-0.25, -0.2) is 4.39 Å². The van der Waals surface area contributed by atoms with Crippen LogP contribution in [-0.4, -0.2) is 5.11 Å². The fourth-order valence-corrected chi connectivity index (χ4v) is 1.63. The van der Waals surface area contributed by atoms with E-state index in [2.05, 4.69) is 0 Å². The number of phenolic OH excluding ortho intramolecular Hbond substituents is 1. The van der Waals surface area contributed by atoms with Crippen LogP contribution in [0.1, 0.15) is 5.56 Å². The molecule has 1 nitrogen and oxygen atoms in total. The zero-order valence-electron chi connectivity index (χ0n) is 8.37. The van der Waals surface area contributed by atoms with Crippen LogP contribution in [0.2, 0.25) is 0 Å². The molecule has 2 aromatic carbocycles. The van der Waals surface area contributed by atoms with Gasteiger partial charge in [0.2, 0.25) is 0 Å². The normalized spacial score (nSPS) is 10.3. The molecule has 0 fully saturated rings. The van der Waals surface area contributed by atoms with Crippen molar-refractivity contribution in [3.05, 3.63) is 53.8 Å². The van der Waals surface area contributed by atoms with Crippen molar-refractivity contribution in [3.8, 4) is 16.9 Å². The largest absolute Gasteiger partial charge is 0.508 e. The highest BCUT2D eigenvalue weighted by Crippen LogP contribution is 2.28. The second kappa shape index (κ2) is 3.73. The molecule has 2 heteroatoms. The smallest absolute Gasteiger partial charge is 0.131 e. The molecule has 2 aromatic rings. The lowest BCUT2D eigenvalue weighted by Gasteiger charge is -2.07. The molecule has 0 aliphatic heterocycles. The summed E-state index contributed by atoms with van der Waals surface area (Å²) < 4.78 is 13.5. The van der Waals surface area contributed by atoms with Crippen LogP contribution in [-0.2, 0) is 0 Å². The third kappa shape index (κ3) is 1.84. The minimum Gasteiger partial charge on any atom is -0.508 e. The number of phenols is 1. The molecule has 0 spiro atoms. The zero-order chi connectivity index (χ0) is 10.8. The van der Waals surface area contributed by atoms with Gasteiger partial charge in [0, 0.05) is 5.56 Å². The van der Waals surface area contributed by atoms with Crippen molar-refractivity contribution >= 4 is 0 Å². The molecular weight excluding hydrogens is 191 g/mol. The Kier molecular flexibility index (Phi) is 2.42. The zero-order valence-corrected chi connectivity index (χ0v) is 8.37. The number of hydrogen-bond acceptors (Lipinski definition) is 1. The minimum absolute atomic E-state index is 0.201. The van der Waals surface area contributed by atoms with Gasteiger partial charge in [-0.05, 0) is 36.2 Å².